The smallest absolute Gasteiger partial charge is 0.417 e. The molecule has 1 amide bonds. The van der Waals surface area contributed by atoms with Crippen LogP contribution in [0.2, 0.25) is 5.02 Å². The number of hydrogen-bond donors (Lipinski definition) is 1. The molecule has 4 heterocycles. The Balaban J connectivity index is 1.59. The van der Waals surface area contributed by atoms with Crippen molar-refractivity contribution in [3.05, 3.63) is 75.3 Å². The van der Waals surface area contributed by atoms with Gasteiger partial charge in [-0.2, -0.15) is 13.2 Å². The van der Waals surface area contributed by atoms with Crippen LogP contribution in [0.25, 0.3) is 22.2 Å². The number of furan rings is 1. The van der Waals surface area contributed by atoms with Gasteiger partial charge in [-0.25, -0.2) is 0 Å². The van der Waals surface area contributed by atoms with E-state index < -0.39 is 23.1 Å². The Morgan fingerprint density at radius 2 is 2.03 bits per heavy atom. The number of amides is 1. The molecule has 0 aliphatic carbocycles. The van der Waals surface area contributed by atoms with Crippen molar-refractivity contribution in [3.8, 4) is 11.3 Å². The second-order valence-corrected chi connectivity index (χ2v) is 10.2. The SMILES string of the molecule is CN1C(=N)C[C@](C)(c2cc(-c3ncc(C(F)(F)F)cc3Cl)cs2)C(c2ccc3occc3c2)C1=O. The summed E-state index contributed by atoms with van der Waals surface area (Å²) in [7, 11) is 1.60. The second-order valence-electron chi connectivity index (χ2n) is 8.84. The van der Waals surface area contributed by atoms with Crippen LogP contribution in [0.15, 0.2) is 58.7 Å². The quantitative estimate of drug-likeness (QED) is 0.315. The van der Waals surface area contributed by atoms with Crippen molar-refractivity contribution < 1.29 is 22.4 Å². The van der Waals surface area contributed by atoms with Crippen LogP contribution in [0.5, 0.6) is 0 Å². The summed E-state index contributed by atoms with van der Waals surface area (Å²) in [5, 5.41) is 11.0. The van der Waals surface area contributed by atoms with E-state index in [9.17, 15) is 18.0 Å². The molecule has 1 aromatic carbocycles. The van der Waals surface area contributed by atoms with Gasteiger partial charge >= 0.3 is 6.18 Å². The molecule has 0 radical (unpaired) electrons. The minimum atomic E-state index is -4.54. The zero-order valence-electron chi connectivity index (χ0n) is 18.6. The summed E-state index contributed by atoms with van der Waals surface area (Å²) in [6.07, 6.45) is -1.89. The number of rotatable bonds is 3. The van der Waals surface area contributed by atoms with E-state index in [1.807, 2.05) is 31.2 Å². The van der Waals surface area contributed by atoms with Gasteiger partial charge in [0.1, 0.15) is 11.4 Å². The first-order valence-electron chi connectivity index (χ1n) is 10.6. The Morgan fingerprint density at radius 1 is 1.26 bits per heavy atom. The van der Waals surface area contributed by atoms with Gasteiger partial charge in [-0.05, 0) is 35.9 Å². The first-order valence-corrected chi connectivity index (χ1v) is 11.9. The fourth-order valence-corrected chi connectivity index (χ4v) is 6.00. The molecule has 1 unspecified atom stereocenters. The minimum absolute atomic E-state index is 0.108. The van der Waals surface area contributed by atoms with Gasteiger partial charge in [0, 0.05) is 46.3 Å². The highest BCUT2D eigenvalue weighted by Crippen LogP contribution is 2.49. The summed E-state index contributed by atoms with van der Waals surface area (Å²) >= 11 is 7.54. The molecular formula is C25H19ClF3N3O2S. The molecule has 2 atom stereocenters. The van der Waals surface area contributed by atoms with E-state index in [-0.39, 0.29) is 22.5 Å². The van der Waals surface area contributed by atoms with Crippen LogP contribution in [0.3, 0.4) is 0 Å². The molecule has 4 aromatic rings. The maximum atomic E-state index is 13.5. The Kier molecular flexibility index (Phi) is 5.52. The number of amidine groups is 1. The fourth-order valence-electron chi connectivity index (χ4n) is 4.64. The average molecular weight is 518 g/mol. The molecular weight excluding hydrogens is 499 g/mol. The van der Waals surface area contributed by atoms with Crippen LogP contribution >= 0.6 is 22.9 Å². The number of likely N-dealkylation sites (tertiary alicyclic amines) is 1. The number of halogens is 4. The second kappa shape index (κ2) is 8.20. The monoisotopic (exact) mass is 517 g/mol. The number of carbonyl (C=O) groups excluding carboxylic acids is 1. The lowest BCUT2D eigenvalue weighted by molar-refractivity contribution is -0.137. The lowest BCUT2D eigenvalue weighted by Crippen LogP contribution is -2.51. The first-order chi connectivity index (χ1) is 16.5. The van der Waals surface area contributed by atoms with E-state index in [4.69, 9.17) is 21.4 Å². The molecule has 5 nitrogen and oxygen atoms in total. The van der Waals surface area contributed by atoms with Gasteiger partial charge in [-0.1, -0.05) is 24.6 Å². The van der Waals surface area contributed by atoms with Crippen molar-refractivity contribution in [3.63, 3.8) is 0 Å². The Morgan fingerprint density at radius 3 is 2.74 bits per heavy atom. The number of pyridine rings is 1. The molecule has 1 N–H and O–H groups in total. The Labute approximate surface area is 207 Å². The number of likely N-dealkylation sites (N-methyl/N-ethyl adjacent to an activating group) is 1. The third-order valence-electron chi connectivity index (χ3n) is 6.57. The number of aromatic nitrogens is 1. The number of piperidine rings is 1. The normalized spacial score (nSPS) is 21.2. The number of benzene rings is 1. The van der Waals surface area contributed by atoms with Crippen molar-refractivity contribution >= 4 is 45.6 Å². The summed E-state index contributed by atoms with van der Waals surface area (Å²) in [4.78, 5) is 19.6. The van der Waals surface area contributed by atoms with Crippen LogP contribution in [0, 0.1) is 5.41 Å². The highest BCUT2D eigenvalue weighted by atomic mass is 35.5. The van der Waals surface area contributed by atoms with E-state index in [0.29, 0.717) is 17.6 Å². The highest BCUT2D eigenvalue weighted by Gasteiger charge is 2.49. The van der Waals surface area contributed by atoms with Gasteiger partial charge in [-0.3, -0.25) is 15.2 Å². The van der Waals surface area contributed by atoms with Gasteiger partial charge in [0.25, 0.3) is 0 Å². The van der Waals surface area contributed by atoms with Crippen LogP contribution in [0.1, 0.15) is 35.3 Å². The standard InChI is InChI=1S/C25H19ClF3N3O2S/c1-24(19-8-15(12-35-19)22-17(26)9-16(11-31-22)25(27,28)29)10-20(30)32(2)23(33)21(24)14-3-4-18-13(7-14)5-6-34-18/h3-9,11-12,21,30H,10H2,1-2H3/t21?,24-/m1/s1. The third kappa shape index (κ3) is 3.92. The fraction of sp³-hybridized carbons (Fsp3) is 0.240. The number of fused-ring (bicyclic) bond motifs is 1. The van der Waals surface area contributed by atoms with E-state index in [2.05, 4.69) is 4.98 Å². The molecule has 5 rings (SSSR count). The lowest BCUT2D eigenvalue weighted by atomic mass is 9.67. The summed E-state index contributed by atoms with van der Waals surface area (Å²) in [5.41, 5.74) is 0.619. The molecule has 1 aliphatic heterocycles. The van der Waals surface area contributed by atoms with E-state index in [0.717, 1.165) is 28.1 Å². The topological polar surface area (TPSA) is 70.2 Å². The number of nitrogens with zero attached hydrogens (tertiary/aromatic N) is 2. The van der Waals surface area contributed by atoms with Crippen LogP contribution < -0.4 is 0 Å². The molecule has 0 saturated carbocycles. The van der Waals surface area contributed by atoms with Gasteiger partial charge in [-0.15, -0.1) is 11.3 Å². The Bertz CT molecular complexity index is 1480. The predicted molar refractivity (Wildman–Crippen MR) is 129 cm³/mol. The maximum absolute atomic E-state index is 13.5. The molecule has 0 spiro atoms. The summed E-state index contributed by atoms with van der Waals surface area (Å²) in [6.45, 7) is 1.94. The van der Waals surface area contributed by atoms with Crippen molar-refractivity contribution in [1.82, 2.24) is 9.88 Å². The molecule has 35 heavy (non-hydrogen) atoms. The number of hydrogen-bond acceptors (Lipinski definition) is 5. The van der Waals surface area contributed by atoms with Crippen LogP contribution in [0.4, 0.5) is 13.2 Å². The van der Waals surface area contributed by atoms with Gasteiger partial charge in [0.15, 0.2) is 0 Å². The zero-order chi connectivity index (χ0) is 25.1. The van der Waals surface area contributed by atoms with Crippen molar-refractivity contribution in [2.45, 2.75) is 30.9 Å². The molecule has 180 valence electrons. The van der Waals surface area contributed by atoms with E-state index in [1.54, 1.807) is 24.8 Å². The molecule has 1 aliphatic rings. The lowest BCUT2D eigenvalue weighted by Gasteiger charge is -2.44. The zero-order valence-corrected chi connectivity index (χ0v) is 20.2. The Hall–Kier alpha value is -3.17. The van der Waals surface area contributed by atoms with Crippen molar-refractivity contribution in [2.24, 2.45) is 0 Å². The molecule has 1 fully saturated rings. The largest absolute Gasteiger partial charge is 0.464 e. The predicted octanol–water partition coefficient (Wildman–Crippen LogP) is 7.11. The number of nitrogens with one attached hydrogen (secondary N) is 1. The first kappa shape index (κ1) is 23.6. The summed E-state index contributed by atoms with van der Waals surface area (Å²) in [6, 6.07) is 10.1. The molecule has 1 saturated heterocycles. The molecule has 3 aromatic heterocycles. The summed E-state index contributed by atoms with van der Waals surface area (Å²) in [5.74, 6) is -0.588. The van der Waals surface area contributed by atoms with E-state index >= 15 is 0 Å². The van der Waals surface area contributed by atoms with Crippen LogP contribution in [-0.2, 0) is 16.4 Å². The third-order valence-corrected chi connectivity index (χ3v) is 8.07. The van der Waals surface area contributed by atoms with Gasteiger partial charge in [0.2, 0.25) is 5.91 Å². The summed E-state index contributed by atoms with van der Waals surface area (Å²) < 4.78 is 44.5. The van der Waals surface area contributed by atoms with Crippen LogP contribution in [-0.4, -0.2) is 28.7 Å². The van der Waals surface area contributed by atoms with Gasteiger partial charge < -0.3 is 9.32 Å². The van der Waals surface area contributed by atoms with Gasteiger partial charge in [0.05, 0.1) is 28.5 Å². The number of thiophene rings is 1. The molecule has 10 heteroatoms. The number of carbonyl (C=O) groups is 1. The van der Waals surface area contributed by atoms with Crippen molar-refractivity contribution in [1.29, 1.82) is 5.41 Å². The van der Waals surface area contributed by atoms with E-state index in [1.165, 1.54) is 16.2 Å². The number of alkyl halides is 3. The minimum Gasteiger partial charge on any atom is -0.464 e. The van der Waals surface area contributed by atoms with Crippen molar-refractivity contribution in [2.75, 3.05) is 7.05 Å². The molecule has 0 bridgehead atoms. The maximum Gasteiger partial charge on any atom is 0.417 e. The highest BCUT2D eigenvalue weighted by molar-refractivity contribution is 7.10. The average Bonchev–Trinajstić information content (AvgIpc) is 3.47.